The number of pyridine rings is 1. The van der Waals surface area contributed by atoms with Crippen LogP contribution in [0.3, 0.4) is 0 Å². The first-order chi connectivity index (χ1) is 12.5. The fraction of sp³-hybridized carbons (Fsp3) is 0.278. The average Bonchev–Trinajstić information content (AvgIpc) is 2.63. The minimum atomic E-state index is -0.905. The molecule has 1 aromatic heterocycles. The fourth-order valence-corrected chi connectivity index (χ4v) is 2.96. The molecule has 1 atom stereocenters. The van der Waals surface area contributed by atoms with E-state index in [2.05, 4.69) is 10.3 Å². The van der Waals surface area contributed by atoms with Crippen LogP contribution in [0.4, 0.5) is 22.0 Å². The van der Waals surface area contributed by atoms with Gasteiger partial charge < -0.3 is 26.0 Å². The van der Waals surface area contributed by atoms with Crippen LogP contribution in [-0.2, 0) is 0 Å². The highest BCUT2D eigenvalue weighted by molar-refractivity contribution is 6.05. The van der Waals surface area contributed by atoms with Gasteiger partial charge in [0.15, 0.2) is 0 Å². The molecule has 26 heavy (non-hydrogen) atoms. The summed E-state index contributed by atoms with van der Waals surface area (Å²) in [5.74, 6) is 0.434. The van der Waals surface area contributed by atoms with Crippen molar-refractivity contribution < 1.29 is 14.7 Å². The Kier molecular flexibility index (Phi) is 4.92. The second-order valence-corrected chi connectivity index (χ2v) is 6.22. The summed E-state index contributed by atoms with van der Waals surface area (Å²) in [6.45, 7) is 3.42. The van der Waals surface area contributed by atoms with Gasteiger partial charge in [-0.3, -0.25) is 4.79 Å². The minimum Gasteiger partial charge on any atom is -0.465 e. The van der Waals surface area contributed by atoms with Gasteiger partial charge in [0.1, 0.15) is 5.82 Å². The SMILES string of the molecule is C[C@H]1CN(c2ccc(C(=O)Nc3ccccc3N)cn2)CCN1C(=O)O. The molecule has 4 N–H and O–H groups in total. The van der Waals surface area contributed by atoms with Gasteiger partial charge in [-0.1, -0.05) is 12.1 Å². The smallest absolute Gasteiger partial charge is 0.407 e. The lowest BCUT2D eigenvalue weighted by atomic mass is 10.2. The van der Waals surface area contributed by atoms with Crippen molar-refractivity contribution in [2.75, 3.05) is 35.6 Å². The van der Waals surface area contributed by atoms with Crippen LogP contribution in [0.2, 0.25) is 0 Å². The number of hydrogen-bond acceptors (Lipinski definition) is 5. The van der Waals surface area contributed by atoms with Crippen LogP contribution in [0.25, 0.3) is 0 Å². The molecule has 8 heteroatoms. The van der Waals surface area contributed by atoms with E-state index < -0.39 is 6.09 Å². The van der Waals surface area contributed by atoms with Gasteiger partial charge in [0.25, 0.3) is 5.91 Å². The van der Waals surface area contributed by atoms with Gasteiger partial charge in [-0.25, -0.2) is 9.78 Å². The first kappa shape index (κ1) is 17.5. The summed E-state index contributed by atoms with van der Waals surface area (Å²) >= 11 is 0. The Bertz CT molecular complexity index is 809. The summed E-state index contributed by atoms with van der Waals surface area (Å²) in [6, 6.07) is 10.4. The lowest BCUT2D eigenvalue weighted by Crippen LogP contribution is -2.53. The molecule has 1 aliphatic rings. The number of nitrogen functional groups attached to an aromatic ring is 1. The Labute approximate surface area is 151 Å². The van der Waals surface area contributed by atoms with Gasteiger partial charge in [-0.15, -0.1) is 0 Å². The monoisotopic (exact) mass is 355 g/mol. The van der Waals surface area contributed by atoms with E-state index in [-0.39, 0.29) is 11.9 Å². The number of amides is 2. The predicted octanol–water partition coefficient (Wildman–Crippen LogP) is 2.10. The Morgan fingerprint density at radius 3 is 2.62 bits per heavy atom. The Balaban J connectivity index is 1.66. The van der Waals surface area contributed by atoms with Gasteiger partial charge in [0.05, 0.1) is 16.9 Å². The highest BCUT2D eigenvalue weighted by Crippen LogP contribution is 2.20. The number of carbonyl (C=O) groups is 2. The Morgan fingerprint density at radius 1 is 1.23 bits per heavy atom. The first-order valence-electron chi connectivity index (χ1n) is 8.32. The van der Waals surface area contributed by atoms with E-state index in [1.54, 1.807) is 36.4 Å². The maximum absolute atomic E-state index is 12.3. The maximum atomic E-state index is 12.3. The number of anilines is 3. The molecule has 3 rings (SSSR count). The summed E-state index contributed by atoms with van der Waals surface area (Å²) in [6.07, 6.45) is 0.607. The number of carboxylic acid groups (broad SMARTS) is 1. The van der Waals surface area contributed by atoms with Gasteiger partial charge in [-0.05, 0) is 31.2 Å². The van der Waals surface area contributed by atoms with Crippen LogP contribution < -0.4 is 16.0 Å². The number of hydrogen-bond donors (Lipinski definition) is 3. The molecule has 0 saturated carbocycles. The predicted molar refractivity (Wildman–Crippen MR) is 99.5 cm³/mol. The van der Waals surface area contributed by atoms with Crippen molar-refractivity contribution in [3.63, 3.8) is 0 Å². The van der Waals surface area contributed by atoms with Crippen molar-refractivity contribution in [2.24, 2.45) is 0 Å². The molecule has 8 nitrogen and oxygen atoms in total. The fourth-order valence-electron chi connectivity index (χ4n) is 2.96. The normalized spacial score (nSPS) is 17.0. The lowest BCUT2D eigenvalue weighted by molar-refractivity contribution is 0.102. The molecular formula is C18H21N5O3. The van der Waals surface area contributed by atoms with Gasteiger partial charge in [0, 0.05) is 31.9 Å². The zero-order valence-corrected chi connectivity index (χ0v) is 14.4. The van der Waals surface area contributed by atoms with Crippen molar-refractivity contribution in [3.05, 3.63) is 48.2 Å². The largest absolute Gasteiger partial charge is 0.465 e. The van der Waals surface area contributed by atoms with Gasteiger partial charge in [0.2, 0.25) is 0 Å². The van der Waals surface area contributed by atoms with E-state index in [1.165, 1.54) is 11.1 Å². The zero-order valence-electron chi connectivity index (χ0n) is 14.4. The molecule has 2 aromatic rings. The standard InChI is InChI=1S/C18H21N5O3/c1-12-11-22(8-9-23(12)18(25)26)16-7-6-13(10-20-16)17(24)21-15-5-3-2-4-14(15)19/h2-7,10,12H,8-9,11,19H2,1H3,(H,21,24)(H,25,26)/t12-/m0/s1. The topological polar surface area (TPSA) is 112 Å². The van der Waals surface area contributed by atoms with Crippen molar-refractivity contribution in [1.29, 1.82) is 0 Å². The summed E-state index contributed by atoms with van der Waals surface area (Å²) in [5.41, 5.74) is 7.31. The van der Waals surface area contributed by atoms with E-state index >= 15 is 0 Å². The summed E-state index contributed by atoms with van der Waals surface area (Å²) in [5, 5.41) is 11.9. The molecule has 0 radical (unpaired) electrons. The van der Waals surface area contributed by atoms with Crippen LogP contribution >= 0.6 is 0 Å². The van der Waals surface area contributed by atoms with E-state index in [0.717, 1.165) is 5.82 Å². The highest BCUT2D eigenvalue weighted by atomic mass is 16.4. The number of carbonyl (C=O) groups excluding carboxylic acids is 1. The van der Waals surface area contributed by atoms with Crippen molar-refractivity contribution in [2.45, 2.75) is 13.0 Å². The summed E-state index contributed by atoms with van der Waals surface area (Å²) < 4.78 is 0. The molecule has 1 saturated heterocycles. The van der Waals surface area contributed by atoms with Crippen molar-refractivity contribution in [1.82, 2.24) is 9.88 Å². The van der Waals surface area contributed by atoms with E-state index in [4.69, 9.17) is 10.8 Å². The molecule has 0 unspecified atom stereocenters. The van der Waals surface area contributed by atoms with Crippen LogP contribution in [0, 0.1) is 0 Å². The van der Waals surface area contributed by atoms with E-state index in [0.29, 0.717) is 36.6 Å². The number of aromatic nitrogens is 1. The molecule has 0 bridgehead atoms. The number of para-hydroxylation sites is 2. The maximum Gasteiger partial charge on any atom is 0.407 e. The molecule has 2 amide bonds. The third kappa shape index (κ3) is 3.69. The third-order valence-corrected chi connectivity index (χ3v) is 4.42. The second-order valence-electron chi connectivity index (χ2n) is 6.22. The van der Waals surface area contributed by atoms with Gasteiger partial charge >= 0.3 is 6.09 Å². The number of rotatable bonds is 3. The third-order valence-electron chi connectivity index (χ3n) is 4.42. The molecule has 136 valence electrons. The number of nitrogens with zero attached hydrogens (tertiary/aromatic N) is 3. The number of benzene rings is 1. The zero-order chi connectivity index (χ0) is 18.7. The number of nitrogens with one attached hydrogen (secondary N) is 1. The van der Waals surface area contributed by atoms with Crippen LogP contribution in [0.1, 0.15) is 17.3 Å². The highest BCUT2D eigenvalue weighted by Gasteiger charge is 2.27. The van der Waals surface area contributed by atoms with E-state index in [9.17, 15) is 9.59 Å². The molecule has 0 spiro atoms. The Hall–Kier alpha value is -3.29. The summed E-state index contributed by atoms with van der Waals surface area (Å²) in [7, 11) is 0. The Morgan fingerprint density at radius 2 is 2.00 bits per heavy atom. The number of nitrogens with two attached hydrogens (primary N) is 1. The molecule has 0 aliphatic carbocycles. The second kappa shape index (κ2) is 7.30. The summed E-state index contributed by atoms with van der Waals surface area (Å²) in [4.78, 5) is 31.3. The van der Waals surface area contributed by atoms with Crippen LogP contribution in [0.15, 0.2) is 42.6 Å². The molecule has 1 aromatic carbocycles. The quantitative estimate of drug-likeness (QED) is 0.727. The molecular weight excluding hydrogens is 334 g/mol. The lowest BCUT2D eigenvalue weighted by Gasteiger charge is -2.38. The molecule has 1 fully saturated rings. The van der Waals surface area contributed by atoms with Crippen molar-refractivity contribution in [3.8, 4) is 0 Å². The van der Waals surface area contributed by atoms with E-state index in [1.807, 2.05) is 11.8 Å². The van der Waals surface area contributed by atoms with Crippen LogP contribution in [0.5, 0.6) is 0 Å². The average molecular weight is 355 g/mol. The minimum absolute atomic E-state index is 0.118. The van der Waals surface area contributed by atoms with Gasteiger partial charge in [-0.2, -0.15) is 0 Å². The molecule has 2 heterocycles. The van der Waals surface area contributed by atoms with Crippen molar-refractivity contribution >= 4 is 29.2 Å². The first-order valence-corrected chi connectivity index (χ1v) is 8.32. The van der Waals surface area contributed by atoms with Crippen LogP contribution in [-0.4, -0.2) is 52.7 Å². The molecule has 1 aliphatic heterocycles. The number of piperazine rings is 1.